The Kier molecular flexibility index (Phi) is 4.22. The van der Waals surface area contributed by atoms with Crippen LogP contribution in [0.4, 0.5) is 0 Å². The van der Waals surface area contributed by atoms with Gasteiger partial charge in [0, 0.05) is 13.1 Å². The fraction of sp³-hybridized carbons (Fsp3) is 0.923. The minimum Gasteiger partial charge on any atom is -0.341 e. The Morgan fingerprint density at radius 3 is 2.62 bits per heavy atom. The summed E-state index contributed by atoms with van der Waals surface area (Å²) in [7, 11) is 1.88. The molecule has 16 heavy (non-hydrogen) atoms. The van der Waals surface area contributed by atoms with Gasteiger partial charge in [-0.3, -0.25) is 4.79 Å². The summed E-state index contributed by atoms with van der Waals surface area (Å²) in [6, 6.07) is 0.0892. The van der Waals surface area contributed by atoms with Crippen molar-refractivity contribution in [1.29, 1.82) is 0 Å². The fourth-order valence-electron chi connectivity index (χ4n) is 3.04. The molecule has 1 N–H and O–H groups in total. The van der Waals surface area contributed by atoms with E-state index in [-0.39, 0.29) is 6.04 Å². The first kappa shape index (κ1) is 11.9. The second-order valence-corrected chi connectivity index (χ2v) is 5.25. The van der Waals surface area contributed by atoms with Gasteiger partial charge in [-0.1, -0.05) is 32.1 Å². The first-order valence-electron chi connectivity index (χ1n) is 6.77. The average molecular weight is 224 g/mol. The van der Waals surface area contributed by atoms with Crippen molar-refractivity contribution in [2.75, 3.05) is 20.1 Å². The molecule has 1 aliphatic heterocycles. The molecule has 3 nitrogen and oxygen atoms in total. The number of nitrogens with zero attached hydrogens (tertiary/aromatic N) is 1. The first-order chi connectivity index (χ1) is 7.81. The first-order valence-corrected chi connectivity index (χ1v) is 6.77. The highest BCUT2D eigenvalue weighted by Crippen LogP contribution is 2.27. The number of hydrogen-bond acceptors (Lipinski definition) is 2. The van der Waals surface area contributed by atoms with Crippen LogP contribution < -0.4 is 5.32 Å². The van der Waals surface area contributed by atoms with Gasteiger partial charge >= 0.3 is 0 Å². The van der Waals surface area contributed by atoms with Crippen molar-refractivity contribution < 1.29 is 4.79 Å². The van der Waals surface area contributed by atoms with Gasteiger partial charge in [-0.15, -0.1) is 0 Å². The monoisotopic (exact) mass is 224 g/mol. The third-order valence-corrected chi connectivity index (χ3v) is 4.18. The lowest BCUT2D eigenvalue weighted by Crippen LogP contribution is -2.37. The Bertz CT molecular complexity index is 236. The Morgan fingerprint density at radius 1 is 1.25 bits per heavy atom. The van der Waals surface area contributed by atoms with E-state index in [9.17, 15) is 4.79 Å². The molecule has 0 aromatic rings. The maximum atomic E-state index is 11.9. The number of hydrogen-bond donors (Lipinski definition) is 1. The lowest BCUT2D eigenvalue weighted by molar-refractivity contribution is -0.129. The number of rotatable bonds is 4. The molecule has 92 valence electrons. The van der Waals surface area contributed by atoms with Gasteiger partial charge in [-0.2, -0.15) is 0 Å². The molecule has 2 rings (SSSR count). The second-order valence-electron chi connectivity index (χ2n) is 5.25. The summed E-state index contributed by atoms with van der Waals surface area (Å²) in [4.78, 5) is 13.9. The van der Waals surface area contributed by atoms with Crippen molar-refractivity contribution in [2.24, 2.45) is 5.92 Å². The van der Waals surface area contributed by atoms with E-state index in [1.165, 1.54) is 38.5 Å². The summed E-state index contributed by atoms with van der Waals surface area (Å²) in [5, 5.41) is 3.09. The van der Waals surface area contributed by atoms with Crippen LogP contribution in [0.15, 0.2) is 0 Å². The van der Waals surface area contributed by atoms with Crippen LogP contribution in [0.2, 0.25) is 0 Å². The highest BCUT2D eigenvalue weighted by atomic mass is 16.2. The molecule has 1 atom stereocenters. The molecule has 2 aliphatic rings. The molecule has 0 radical (unpaired) electrons. The van der Waals surface area contributed by atoms with Gasteiger partial charge in [0.25, 0.3) is 0 Å². The van der Waals surface area contributed by atoms with Crippen molar-refractivity contribution in [3.8, 4) is 0 Å². The average Bonchev–Trinajstić information content (AvgIpc) is 2.69. The van der Waals surface area contributed by atoms with Crippen molar-refractivity contribution in [2.45, 2.75) is 51.0 Å². The zero-order valence-electron chi connectivity index (χ0n) is 10.4. The fourth-order valence-corrected chi connectivity index (χ4v) is 3.04. The second kappa shape index (κ2) is 5.67. The largest absolute Gasteiger partial charge is 0.341 e. The number of likely N-dealkylation sites (tertiary alicyclic amines) is 1. The SMILES string of the molecule is CNC1CCN(CCC2CCCCC2)C1=O. The lowest BCUT2D eigenvalue weighted by atomic mass is 9.87. The quantitative estimate of drug-likeness (QED) is 0.789. The summed E-state index contributed by atoms with van der Waals surface area (Å²) < 4.78 is 0. The van der Waals surface area contributed by atoms with Crippen molar-refractivity contribution >= 4 is 5.91 Å². The van der Waals surface area contributed by atoms with Crippen LogP contribution in [0, 0.1) is 5.92 Å². The zero-order valence-corrected chi connectivity index (χ0v) is 10.4. The van der Waals surface area contributed by atoms with E-state index < -0.39 is 0 Å². The molecular weight excluding hydrogens is 200 g/mol. The number of nitrogens with one attached hydrogen (secondary N) is 1. The van der Waals surface area contributed by atoms with E-state index in [1.54, 1.807) is 0 Å². The minimum atomic E-state index is 0.0892. The van der Waals surface area contributed by atoms with Crippen LogP contribution in [0.3, 0.4) is 0 Å². The Labute approximate surface area is 98.6 Å². The molecule has 1 saturated carbocycles. The summed E-state index contributed by atoms with van der Waals surface area (Å²) >= 11 is 0. The van der Waals surface area contributed by atoms with E-state index in [0.29, 0.717) is 5.91 Å². The van der Waals surface area contributed by atoms with Crippen LogP contribution in [-0.2, 0) is 4.79 Å². The standard InChI is InChI=1S/C13H24N2O/c1-14-12-8-10-15(13(12)16)9-7-11-5-3-2-4-6-11/h11-12,14H,2-10H2,1H3. The van der Waals surface area contributed by atoms with E-state index >= 15 is 0 Å². The van der Waals surface area contributed by atoms with E-state index in [1.807, 2.05) is 7.05 Å². The van der Waals surface area contributed by atoms with Crippen LogP contribution in [0.25, 0.3) is 0 Å². The lowest BCUT2D eigenvalue weighted by Gasteiger charge is -2.24. The van der Waals surface area contributed by atoms with Gasteiger partial charge in [0.05, 0.1) is 6.04 Å². The third kappa shape index (κ3) is 2.76. The van der Waals surface area contributed by atoms with Crippen LogP contribution in [0.1, 0.15) is 44.9 Å². The Balaban J connectivity index is 1.71. The molecule has 0 aromatic carbocycles. The highest BCUT2D eigenvalue weighted by molar-refractivity contribution is 5.83. The van der Waals surface area contributed by atoms with Gasteiger partial charge in [0.2, 0.25) is 5.91 Å². The summed E-state index contributed by atoms with van der Waals surface area (Å²) in [6.07, 6.45) is 9.20. The van der Waals surface area contributed by atoms with E-state index in [2.05, 4.69) is 10.2 Å². The molecular formula is C13H24N2O. The highest BCUT2D eigenvalue weighted by Gasteiger charge is 2.30. The van der Waals surface area contributed by atoms with Crippen LogP contribution in [-0.4, -0.2) is 37.0 Å². The number of carbonyl (C=O) groups excluding carboxylic acids is 1. The maximum Gasteiger partial charge on any atom is 0.239 e. The van der Waals surface area contributed by atoms with Gasteiger partial charge in [-0.05, 0) is 25.8 Å². The normalized spacial score (nSPS) is 27.7. The van der Waals surface area contributed by atoms with E-state index in [4.69, 9.17) is 0 Å². The molecule has 0 spiro atoms. The number of likely N-dealkylation sites (N-methyl/N-ethyl adjacent to an activating group) is 1. The molecule has 1 amide bonds. The molecule has 3 heteroatoms. The van der Waals surface area contributed by atoms with Crippen LogP contribution >= 0.6 is 0 Å². The summed E-state index contributed by atoms with van der Waals surface area (Å²) in [6.45, 7) is 1.94. The van der Waals surface area contributed by atoms with Crippen molar-refractivity contribution in [3.05, 3.63) is 0 Å². The van der Waals surface area contributed by atoms with Crippen molar-refractivity contribution in [1.82, 2.24) is 10.2 Å². The van der Waals surface area contributed by atoms with Gasteiger partial charge in [0.1, 0.15) is 0 Å². The molecule has 0 aromatic heterocycles. The Morgan fingerprint density at radius 2 is 2.00 bits per heavy atom. The Hall–Kier alpha value is -0.570. The zero-order chi connectivity index (χ0) is 11.4. The molecule has 1 saturated heterocycles. The topological polar surface area (TPSA) is 32.3 Å². The van der Waals surface area contributed by atoms with Gasteiger partial charge < -0.3 is 10.2 Å². The predicted octanol–water partition coefficient (Wildman–Crippen LogP) is 1.78. The predicted molar refractivity (Wildman–Crippen MR) is 65.2 cm³/mol. The third-order valence-electron chi connectivity index (χ3n) is 4.18. The molecule has 2 fully saturated rings. The summed E-state index contributed by atoms with van der Waals surface area (Å²) in [5.74, 6) is 1.20. The molecule has 1 unspecified atom stereocenters. The van der Waals surface area contributed by atoms with E-state index in [0.717, 1.165) is 25.4 Å². The molecule has 0 bridgehead atoms. The van der Waals surface area contributed by atoms with Gasteiger partial charge in [0.15, 0.2) is 0 Å². The number of carbonyl (C=O) groups is 1. The van der Waals surface area contributed by atoms with Gasteiger partial charge in [-0.25, -0.2) is 0 Å². The van der Waals surface area contributed by atoms with Crippen molar-refractivity contribution in [3.63, 3.8) is 0 Å². The summed E-state index contributed by atoms with van der Waals surface area (Å²) in [5.41, 5.74) is 0. The van der Waals surface area contributed by atoms with Crippen LogP contribution in [0.5, 0.6) is 0 Å². The smallest absolute Gasteiger partial charge is 0.239 e. The minimum absolute atomic E-state index is 0.0892. The maximum absolute atomic E-state index is 11.9. The molecule has 1 aliphatic carbocycles. The number of amides is 1. The molecule has 1 heterocycles.